The van der Waals surface area contributed by atoms with E-state index in [0.717, 1.165) is 16.1 Å². The monoisotopic (exact) mass is 416 g/mol. The summed E-state index contributed by atoms with van der Waals surface area (Å²) in [4.78, 5) is 30.1. The summed E-state index contributed by atoms with van der Waals surface area (Å²) in [6, 6.07) is 21.9. The van der Waals surface area contributed by atoms with Crippen LogP contribution in [0.1, 0.15) is 11.3 Å². The number of anilines is 2. The molecule has 6 nitrogen and oxygen atoms in total. The van der Waals surface area contributed by atoms with Crippen LogP contribution in [-0.4, -0.2) is 15.4 Å². The van der Waals surface area contributed by atoms with Gasteiger partial charge >= 0.3 is 6.03 Å². The van der Waals surface area contributed by atoms with E-state index < -0.39 is 0 Å². The Morgan fingerprint density at radius 2 is 1.77 bits per heavy atom. The fourth-order valence-electron chi connectivity index (χ4n) is 2.95. The first kappa shape index (κ1) is 19.7. The van der Waals surface area contributed by atoms with Gasteiger partial charge in [0, 0.05) is 28.6 Å². The molecule has 0 spiro atoms. The molecule has 0 bridgehead atoms. The molecule has 0 radical (unpaired) electrons. The number of hydrogen-bond donors (Lipinski definition) is 2. The van der Waals surface area contributed by atoms with E-state index in [2.05, 4.69) is 15.6 Å². The van der Waals surface area contributed by atoms with Gasteiger partial charge in [-0.15, -0.1) is 11.8 Å². The molecule has 2 aromatic heterocycles. The van der Waals surface area contributed by atoms with Crippen LogP contribution in [0.5, 0.6) is 0 Å². The van der Waals surface area contributed by atoms with E-state index >= 15 is 0 Å². The van der Waals surface area contributed by atoms with Gasteiger partial charge in [0.2, 0.25) is 0 Å². The Balaban J connectivity index is 1.46. The molecule has 2 N–H and O–H groups in total. The standard InChI is InChI=1S/C23H20N4O2S/c1-16-9-11-17(12-10-16)25-23(29)26-19-6-2-3-7-20(19)30-15-18-14-22(28)27-13-5-4-8-21(27)24-18/h2-14H,15H2,1H3,(H2,25,26,29). The van der Waals surface area contributed by atoms with Gasteiger partial charge in [-0.3, -0.25) is 9.20 Å². The minimum absolute atomic E-state index is 0.111. The third-order valence-corrected chi connectivity index (χ3v) is 5.55. The molecule has 2 aromatic carbocycles. The molecule has 2 heterocycles. The zero-order valence-corrected chi connectivity index (χ0v) is 17.1. The molecule has 0 saturated heterocycles. The maximum atomic E-state index is 12.4. The van der Waals surface area contributed by atoms with Crippen molar-refractivity contribution in [3.63, 3.8) is 0 Å². The number of urea groups is 1. The van der Waals surface area contributed by atoms with Crippen molar-refractivity contribution in [2.24, 2.45) is 0 Å². The second-order valence-electron chi connectivity index (χ2n) is 6.74. The molecule has 0 aliphatic rings. The van der Waals surface area contributed by atoms with E-state index in [0.29, 0.717) is 22.8 Å². The molecule has 7 heteroatoms. The van der Waals surface area contributed by atoms with Crippen LogP contribution in [0.15, 0.2) is 88.7 Å². The molecule has 0 fully saturated rings. The van der Waals surface area contributed by atoms with Crippen molar-refractivity contribution in [3.8, 4) is 0 Å². The van der Waals surface area contributed by atoms with Crippen LogP contribution >= 0.6 is 11.8 Å². The number of benzene rings is 2. The zero-order chi connectivity index (χ0) is 20.9. The van der Waals surface area contributed by atoms with E-state index in [4.69, 9.17) is 0 Å². The number of carbonyl (C=O) groups excluding carboxylic acids is 1. The number of aromatic nitrogens is 2. The maximum absolute atomic E-state index is 12.4. The Hall–Kier alpha value is -3.58. The molecule has 0 aliphatic heterocycles. The lowest BCUT2D eigenvalue weighted by Crippen LogP contribution is -2.19. The molecule has 4 rings (SSSR count). The molecule has 2 amide bonds. The number of nitrogens with one attached hydrogen (secondary N) is 2. The third-order valence-electron chi connectivity index (χ3n) is 4.44. The average molecular weight is 417 g/mol. The van der Waals surface area contributed by atoms with Gasteiger partial charge in [0.1, 0.15) is 5.65 Å². The van der Waals surface area contributed by atoms with E-state index in [1.54, 1.807) is 24.4 Å². The summed E-state index contributed by atoms with van der Waals surface area (Å²) in [7, 11) is 0. The Labute approximate surface area is 178 Å². The zero-order valence-electron chi connectivity index (χ0n) is 16.3. The molecule has 0 unspecified atom stereocenters. The third kappa shape index (κ3) is 4.69. The van der Waals surface area contributed by atoms with Gasteiger partial charge in [-0.05, 0) is 43.3 Å². The summed E-state index contributed by atoms with van der Waals surface area (Å²) in [5.41, 5.74) is 3.75. The van der Waals surface area contributed by atoms with Crippen LogP contribution in [0.3, 0.4) is 0 Å². The molecule has 0 aliphatic carbocycles. The van der Waals surface area contributed by atoms with Crippen molar-refractivity contribution in [3.05, 3.63) is 101 Å². The number of carbonyl (C=O) groups is 1. The molecular formula is C23H20N4O2S. The first-order valence-electron chi connectivity index (χ1n) is 9.42. The van der Waals surface area contributed by atoms with Crippen LogP contribution in [0.25, 0.3) is 5.65 Å². The van der Waals surface area contributed by atoms with Crippen molar-refractivity contribution in [1.82, 2.24) is 9.38 Å². The average Bonchev–Trinajstić information content (AvgIpc) is 2.75. The summed E-state index contributed by atoms with van der Waals surface area (Å²) >= 11 is 1.51. The van der Waals surface area contributed by atoms with Gasteiger partial charge in [-0.25, -0.2) is 9.78 Å². The van der Waals surface area contributed by atoms with E-state index in [1.165, 1.54) is 16.2 Å². The lowest BCUT2D eigenvalue weighted by molar-refractivity contribution is 0.262. The van der Waals surface area contributed by atoms with Crippen molar-refractivity contribution in [2.75, 3.05) is 10.6 Å². The van der Waals surface area contributed by atoms with Crippen LogP contribution in [0.2, 0.25) is 0 Å². The second-order valence-corrected chi connectivity index (χ2v) is 7.76. The highest BCUT2D eigenvalue weighted by Crippen LogP contribution is 2.29. The molecular weight excluding hydrogens is 396 g/mol. The van der Waals surface area contributed by atoms with Crippen molar-refractivity contribution in [1.29, 1.82) is 0 Å². The highest BCUT2D eigenvalue weighted by atomic mass is 32.2. The van der Waals surface area contributed by atoms with Gasteiger partial charge in [-0.2, -0.15) is 0 Å². The molecule has 150 valence electrons. The number of rotatable bonds is 5. The SMILES string of the molecule is Cc1ccc(NC(=O)Nc2ccccc2SCc2cc(=O)n3ccccc3n2)cc1. The Kier molecular flexibility index (Phi) is 5.81. The second kappa shape index (κ2) is 8.84. The quantitative estimate of drug-likeness (QED) is 0.452. The largest absolute Gasteiger partial charge is 0.323 e. The number of pyridine rings is 1. The highest BCUT2D eigenvalue weighted by Gasteiger charge is 2.09. The minimum atomic E-state index is -0.311. The van der Waals surface area contributed by atoms with Gasteiger partial charge < -0.3 is 10.6 Å². The van der Waals surface area contributed by atoms with Gasteiger partial charge in [-0.1, -0.05) is 35.9 Å². The molecule has 0 atom stereocenters. The number of aryl methyl sites for hydroxylation is 1. The molecule has 0 saturated carbocycles. The van der Waals surface area contributed by atoms with Gasteiger partial charge in [0.15, 0.2) is 0 Å². The van der Waals surface area contributed by atoms with E-state index in [9.17, 15) is 9.59 Å². The smallest absolute Gasteiger partial charge is 0.308 e. The number of para-hydroxylation sites is 1. The summed E-state index contributed by atoms with van der Waals surface area (Å²) in [5, 5.41) is 5.72. The maximum Gasteiger partial charge on any atom is 0.323 e. The fraction of sp³-hybridized carbons (Fsp3) is 0.0870. The summed E-state index contributed by atoms with van der Waals surface area (Å²) in [6.07, 6.45) is 1.70. The lowest BCUT2D eigenvalue weighted by atomic mass is 10.2. The van der Waals surface area contributed by atoms with Crippen LogP contribution in [-0.2, 0) is 5.75 Å². The summed E-state index contributed by atoms with van der Waals surface area (Å²) < 4.78 is 1.51. The topological polar surface area (TPSA) is 75.5 Å². The van der Waals surface area contributed by atoms with Gasteiger partial charge in [0.05, 0.1) is 11.4 Å². The predicted octanol–water partition coefficient (Wildman–Crippen LogP) is 4.94. The normalized spacial score (nSPS) is 10.7. The van der Waals surface area contributed by atoms with Crippen molar-refractivity contribution < 1.29 is 4.79 Å². The number of nitrogens with zero attached hydrogens (tertiary/aromatic N) is 2. The lowest BCUT2D eigenvalue weighted by Gasteiger charge is -2.12. The van der Waals surface area contributed by atoms with Crippen molar-refractivity contribution >= 4 is 34.8 Å². The first-order valence-corrected chi connectivity index (χ1v) is 10.4. The Morgan fingerprint density at radius 1 is 1.00 bits per heavy atom. The molecule has 30 heavy (non-hydrogen) atoms. The Morgan fingerprint density at radius 3 is 2.60 bits per heavy atom. The fourth-order valence-corrected chi connectivity index (χ4v) is 3.85. The summed E-state index contributed by atoms with van der Waals surface area (Å²) in [5.74, 6) is 0.513. The van der Waals surface area contributed by atoms with Crippen LogP contribution < -0.4 is 16.2 Å². The summed E-state index contributed by atoms with van der Waals surface area (Å²) in [6.45, 7) is 2.00. The minimum Gasteiger partial charge on any atom is -0.308 e. The Bertz CT molecular complexity index is 1250. The number of hydrogen-bond acceptors (Lipinski definition) is 4. The highest BCUT2D eigenvalue weighted by molar-refractivity contribution is 7.98. The van der Waals surface area contributed by atoms with Crippen molar-refractivity contribution in [2.45, 2.75) is 17.6 Å². The number of fused-ring (bicyclic) bond motifs is 1. The molecule has 4 aromatic rings. The number of thioether (sulfide) groups is 1. The first-order chi connectivity index (χ1) is 14.6. The van der Waals surface area contributed by atoms with Crippen LogP contribution in [0, 0.1) is 6.92 Å². The van der Waals surface area contributed by atoms with E-state index in [-0.39, 0.29) is 11.6 Å². The van der Waals surface area contributed by atoms with E-state index in [1.807, 2.05) is 61.5 Å². The van der Waals surface area contributed by atoms with Gasteiger partial charge in [0.25, 0.3) is 5.56 Å². The predicted molar refractivity (Wildman–Crippen MR) is 121 cm³/mol. The number of amides is 2. The van der Waals surface area contributed by atoms with Crippen LogP contribution in [0.4, 0.5) is 16.2 Å².